The SMILES string of the molecule is Cc1cccc(-c2csc(C3CCNC3)n2)c1. The van der Waals surface area contributed by atoms with Gasteiger partial charge in [0.15, 0.2) is 0 Å². The number of thiazole rings is 1. The van der Waals surface area contributed by atoms with Gasteiger partial charge in [-0.25, -0.2) is 4.98 Å². The molecule has 1 aromatic heterocycles. The summed E-state index contributed by atoms with van der Waals surface area (Å²) < 4.78 is 0. The summed E-state index contributed by atoms with van der Waals surface area (Å²) in [7, 11) is 0. The van der Waals surface area contributed by atoms with E-state index in [0.717, 1.165) is 18.8 Å². The summed E-state index contributed by atoms with van der Waals surface area (Å²) in [6.07, 6.45) is 1.22. The maximum atomic E-state index is 4.78. The van der Waals surface area contributed by atoms with Crippen molar-refractivity contribution >= 4 is 11.3 Å². The summed E-state index contributed by atoms with van der Waals surface area (Å²) in [6, 6.07) is 8.56. The van der Waals surface area contributed by atoms with Crippen LogP contribution in [0.5, 0.6) is 0 Å². The van der Waals surface area contributed by atoms with Crippen LogP contribution in [0.25, 0.3) is 11.3 Å². The molecule has 1 saturated heterocycles. The van der Waals surface area contributed by atoms with Crippen LogP contribution >= 0.6 is 11.3 Å². The number of hydrogen-bond donors (Lipinski definition) is 1. The van der Waals surface area contributed by atoms with E-state index in [1.54, 1.807) is 11.3 Å². The average molecular weight is 244 g/mol. The van der Waals surface area contributed by atoms with Gasteiger partial charge >= 0.3 is 0 Å². The molecule has 0 saturated carbocycles. The summed E-state index contributed by atoms with van der Waals surface area (Å²) in [5.74, 6) is 0.624. The van der Waals surface area contributed by atoms with E-state index in [9.17, 15) is 0 Å². The minimum Gasteiger partial charge on any atom is -0.316 e. The van der Waals surface area contributed by atoms with E-state index in [1.165, 1.54) is 22.6 Å². The Kier molecular flexibility index (Phi) is 2.95. The zero-order chi connectivity index (χ0) is 11.7. The zero-order valence-corrected chi connectivity index (χ0v) is 10.8. The number of nitrogens with one attached hydrogen (secondary N) is 1. The lowest BCUT2D eigenvalue weighted by Gasteiger charge is -2.02. The molecule has 1 atom stereocenters. The first-order valence-electron chi connectivity index (χ1n) is 6.06. The van der Waals surface area contributed by atoms with Gasteiger partial charge in [0.05, 0.1) is 10.7 Å². The molecule has 0 spiro atoms. The molecule has 0 aliphatic carbocycles. The Labute approximate surface area is 106 Å². The second-order valence-electron chi connectivity index (χ2n) is 4.63. The summed E-state index contributed by atoms with van der Waals surface area (Å²) in [5.41, 5.74) is 3.65. The van der Waals surface area contributed by atoms with Crippen LogP contribution in [0.1, 0.15) is 22.9 Å². The van der Waals surface area contributed by atoms with Crippen LogP contribution in [0.2, 0.25) is 0 Å². The van der Waals surface area contributed by atoms with Crippen molar-refractivity contribution in [1.29, 1.82) is 0 Å². The molecule has 17 heavy (non-hydrogen) atoms. The van der Waals surface area contributed by atoms with Crippen LogP contribution in [-0.2, 0) is 0 Å². The third-order valence-electron chi connectivity index (χ3n) is 3.25. The second-order valence-corrected chi connectivity index (χ2v) is 5.52. The quantitative estimate of drug-likeness (QED) is 0.877. The number of nitrogens with zero attached hydrogens (tertiary/aromatic N) is 1. The maximum absolute atomic E-state index is 4.78. The first kappa shape index (κ1) is 10.9. The zero-order valence-electron chi connectivity index (χ0n) is 9.94. The topological polar surface area (TPSA) is 24.9 Å². The Morgan fingerprint density at radius 1 is 1.41 bits per heavy atom. The van der Waals surface area contributed by atoms with E-state index in [-0.39, 0.29) is 0 Å². The van der Waals surface area contributed by atoms with E-state index in [2.05, 4.69) is 41.9 Å². The smallest absolute Gasteiger partial charge is 0.0976 e. The van der Waals surface area contributed by atoms with Crippen LogP contribution in [0.3, 0.4) is 0 Å². The highest BCUT2D eigenvalue weighted by Gasteiger charge is 2.19. The molecule has 2 aromatic rings. The fourth-order valence-corrected chi connectivity index (χ4v) is 3.24. The second kappa shape index (κ2) is 4.59. The predicted octanol–water partition coefficient (Wildman–Crippen LogP) is 3.20. The van der Waals surface area contributed by atoms with Crippen molar-refractivity contribution in [2.45, 2.75) is 19.3 Å². The van der Waals surface area contributed by atoms with E-state index >= 15 is 0 Å². The van der Waals surface area contributed by atoms with Crippen molar-refractivity contribution in [1.82, 2.24) is 10.3 Å². The van der Waals surface area contributed by atoms with Crippen molar-refractivity contribution in [3.05, 3.63) is 40.2 Å². The van der Waals surface area contributed by atoms with Gasteiger partial charge < -0.3 is 5.32 Å². The number of aromatic nitrogens is 1. The predicted molar refractivity (Wildman–Crippen MR) is 72.5 cm³/mol. The maximum Gasteiger partial charge on any atom is 0.0976 e. The van der Waals surface area contributed by atoms with Crippen LogP contribution in [0, 0.1) is 6.92 Å². The van der Waals surface area contributed by atoms with E-state index in [1.807, 2.05) is 0 Å². The Bertz CT molecular complexity index is 512. The molecule has 2 heterocycles. The van der Waals surface area contributed by atoms with Gasteiger partial charge in [0, 0.05) is 23.4 Å². The molecule has 0 radical (unpaired) electrons. The largest absolute Gasteiger partial charge is 0.316 e. The Hall–Kier alpha value is -1.19. The van der Waals surface area contributed by atoms with E-state index in [4.69, 9.17) is 4.98 Å². The highest BCUT2D eigenvalue weighted by molar-refractivity contribution is 7.10. The van der Waals surface area contributed by atoms with Gasteiger partial charge in [-0.1, -0.05) is 23.8 Å². The van der Waals surface area contributed by atoms with Crippen LogP contribution in [-0.4, -0.2) is 18.1 Å². The molecule has 0 bridgehead atoms. The third-order valence-corrected chi connectivity index (χ3v) is 4.25. The molecule has 0 amide bonds. The molecule has 1 aliphatic rings. The number of aryl methyl sites for hydroxylation is 1. The lowest BCUT2D eigenvalue weighted by Crippen LogP contribution is -2.07. The van der Waals surface area contributed by atoms with Crippen molar-refractivity contribution in [3.63, 3.8) is 0 Å². The number of hydrogen-bond acceptors (Lipinski definition) is 3. The summed E-state index contributed by atoms with van der Waals surface area (Å²) in [4.78, 5) is 4.78. The van der Waals surface area contributed by atoms with Crippen LogP contribution in [0.15, 0.2) is 29.6 Å². The van der Waals surface area contributed by atoms with Crippen LogP contribution in [0.4, 0.5) is 0 Å². The molecule has 3 heteroatoms. The van der Waals surface area contributed by atoms with E-state index < -0.39 is 0 Å². The van der Waals surface area contributed by atoms with Crippen LogP contribution < -0.4 is 5.32 Å². The average Bonchev–Trinajstić information content (AvgIpc) is 3.00. The Morgan fingerprint density at radius 2 is 2.35 bits per heavy atom. The molecule has 1 fully saturated rings. The molecule has 2 nitrogen and oxygen atoms in total. The Balaban J connectivity index is 1.89. The lowest BCUT2D eigenvalue weighted by atomic mass is 10.1. The summed E-state index contributed by atoms with van der Waals surface area (Å²) in [6.45, 7) is 4.34. The molecular weight excluding hydrogens is 228 g/mol. The Morgan fingerprint density at radius 3 is 3.12 bits per heavy atom. The minimum absolute atomic E-state index is 0.624. The summed E-state index contributed by atoms with van der Waals surface area (Å²) >= 11 is 1.80. The van der Waals surface area contributed by atoms with Gasteiger partial charge in [-0.2, -0.15) is 0 Å². The standard InChI is InChI=1S/C14H16N2S/c1-10-3-2-4-11(7-10)13-9-17-14(16-13)12-5-6-15-8-12/h2-4,7,9,12,15H,5-6,8H2,1H3. The molecule has 1 N–H and O–H groups in total. The fraction of sp³-hybridized carbons (Fsp3) is 0.357. The molecular formula is C14H16N2S. The molecule has 1 aromatic carbocycles. The van der Waals surface area contributed by atoms with E-state index in [0.29, 0.717) is 5.92 Å². The number of rotatable bonds is 2. The molecule has 88 valence electrons. The highest BCUT2D eigenvalue weighted by atomic mass is 32.1. The lowest BCUT2D eigenvalue weighted by molar-refractivity contribution is 0.756. The van der Waals surface area contributed by atoms with Crippen molar-refractivity contribution in [2.75, 3.05) is 13.1 Å². The van der Waals surface area contributed by atoms with Gasteiger partial charge in [0.1, 0.15) is 0 Å². The normalized spacial score (nSPS) is 19.7. The van der Waals surface area contributed by atoms with Gasteiger partial charge in [0.2, 0.25) is 0 Å². The monoisotopic (exact) mass is 244 g/mol. The van der Waals surface area contributed by atoms with Crippen molar-refractivity contribution < 1.29 is 0 Å². The number of benzene rings is 1. The van der Waals surface area contributed by atoms with Crippen molar-refractivity contribution in [2.24, 2.45) is 0 Å². The molecule has 3 rings (SSSR count). The van der Waals surface area contributed by atoms with Gasteiger partial charge in [-0.05, 0) is 26.0 Å². The van der Waals surface area contributed by atoms with Gasteiger partial charge in [0.25, 0.3) is 0 Å². The van der Waals surface area contributed by atoms with Gasteiger partial charge in [-0.3, -0.25) is 0 Å². The summed E-state index contributed by atoms with van der Waals surface area (Å²) in [5, 5.41) is 6.86. The van der Waals surface area contributed by atoms with Crippen molar-refractivity contribution in [3.8, 4) is 11.3 Å². The first-order chi connectivity index (χ1) is 8.33. The highest BCUT2D eigenvalue weighted by Crippen LogP contribution is 2.29. The van der Waals surface area contributed by atoms with Gasteiger partial charge in [-0.15, -0.1) is 11.3 Å². The minimum atomic E-state index is 0.624. The first-order valence-corrected chi connectivity index (χ1v) is 6.94. The molecule has 1 aliphatic heterocycles. The third kappa shape index (κ3) is 2.26. The fourth-order valence-electron chi connectivity index (χ4n) is 2.28. The molecule has 1 unspecified atom stereocenters.